The number of ether oxygens (including phenoxy) is 2. The maximum atomic E-state index is 13.7. The van der Waals surface area contributed by atoms with Gasteiger partial charge in [0.25, 0.3) is 10.0 Å². The minimum Gasteiger partial charge on any atom is -0.497 e. The molecule has 1 saturated heterocycles. The largest absolute Gasteiger partial charge is 0.497 e. The first-order chi connectivity index (χ1) is 16.4. The maximum Gasteiger partial charge on any atom is 0.262 e. The van der Waals surface area contributed by atoms with Crippen LogP contribution in [-0.2, 0) is 29.7 Å². The van der Waals surface area contributed by atoms with Crippen molar-refractivity contribution in [3.63, 3.8) is 0 Å². The molecule has 182 valence electrons. The highest BCUT2D eigenvalue weighted by Crippen LogP contribution is 2.23. The fraction of sp³-hybridized carbons (Fsp3) is 0.400. The summed E-state index contributed by atoms with van der Waals surface area (Å²) in [5.74, 6) is 1.45. The Hall–Kier alpha value is -2.88. The Balaban J connectivity index is 1.59. The SMILES string of the molecule is COc1ccc(CN(Cc2ccc(OC)cc2)S(=O)(=O)c2ccn(CC3CCCN3C)n2)cc1. The van der Waals surface area contributed by atoms with Crippen molar-refractivity contribution in [1.82, 2.24) is 19.0 Å². The first-order valence-electron chi connectivity index (χ1n) is 11.4. The van der Waals surface area contributed by atoms with Gasteiger partial charge in [0.15, 0.2) is 5.03 Å². The Labute approximate surface area is 201 Å². The van der Waals surface area contributed by atoms with Gasteiger partial charge in [-0.3, -0.25) is 4.68 Å². The van der Waals surface area contributed by atoms with Gasteiger partial charge in [-0.2, -0.15) is 9.40 Å². The van der Waals surface area contributed by atoms with E-state index in [-0.39, 0.29) is 18.1 Å². The maximum absolute atomic E-state index is 13.7. The van der Waals surface area contributed by atoms with Gasteiger partial charge >= 0.3 is 0 Å². The molecule has 4 rings (SSSR count). The Morgan fingerprint density at radius 3 is 1.97 bits per heavy atom. The molecule has 0 aliphatic carbocycles. The lowest BCUT2D eigenvalue weighted by molar-refractivity contribution is 0.273. The molecule has 2 heterocycles. The molecular weight excluding hydrogens is 452 g/mol. The van der Waals surface area contributed by atoms with Crippen LogP contribution < -0.4 is 9.47 Å². The van der Waals surface area contributed by atoms with E-state index in [2.05, 4.69) is 17.0 Å². The zero-order valence-electron chi connectivity index (χ0n) is 19.9. The summed E-state index contributed by atoms with van der Waals surface area (Å²) in [6, 6.07) is 16.8. The second-order valence-electron chi connectivity index (χ2n) is 8.62. The Kier molecular flexibility index (Phi) is 7.55. The van der Waals surface area contributed by atoms with Crippen LogP contribution in [0, 0.1) is 0 Å². The van der Waals surface area contributed by atoms with Crippen LogP contribution in [0.2, 0.25) is 0 Å². The van der Waals surface area contributed by atoms with Crippen LogP contribution in [0.4, 0.5) is 0 Å². The summed E-state index contributed by atoms with van der Waals surface area (Å²) in [5.41, 5.74) is 1.73. The minimum absolute atomic E-state index is 0.0650. The lowest BCUT2D eigenvalue weighted by Crippen LogP contribution is -2.31. The molecule has 34 heavy (non-hydrogen) atoms. The molecule has 9 heteroatoms. The minimum atomic E-state index is -3.83. The number of methoxy groups -OCH3 is 2. The summed E-state index contributed by atoms with van der Waals surface area (Å²) >= 11 is 0. The van der Waals surface area contributed by atoms with E-state index >= 15 is 0 Å². The van der Waals surface area contributed by atoms with Crippen molar-refractivity contribution in [1.29, 1.82) is 0 Å². The van der Waals surface area contributed by atoms with E-state index in [0.717, 1.165) is 42.0 Å². The van der Waals surface area contributed by atoms with Gasteiger partial charge in [-0.25, -0.2) is 8.42 Å². The zero-order valence-corrected chi connectivity index (χ0v) is 20.7. The normalized spacial score (nSPS) is 16.8. The van der Waals surface area contributed by atoms with Crippen molar-refractivity contribution in [2.75, 3.05) is 27.8 Å². The first kappa shape index (κ1) is 24.3. The van der Waals surface area contributed by atoms with E-state index in [1.54, 1.807) is 31.2 Å². The topological polar surface area (TPSA) is 76.9 Å². The summed E-state index contributed by atoms with van der Waals surface area (Å²) in [5, 5.41) is 4.52. The fourth-order valence-electron chi connectivity index (χ4n) is 4.24. The third-order valence-corrected chi connectivity index (χ3v) is 8.01. The Morgan fingerprint density at radius 1 is 0.941 bits per heavy atom. The van der Waals surface area contributed by atoms with Gasteiger partial charge < -0.3 is 14.4 Å². The second kappa shape index (κ2) is 10.6. The molecule has 0 spiro atoms. The number of likely N-dealkylation sites (tertiary alicyclic amines) is 1. The third-order valence-electron chi connectivity index (χ3n) is 6.33. The van der Waals surface area contributed by atoms with Crippen LogP contribution in [0.3, 0.4) is 0 Å². The predicted molar refractivity (Wildman–Crippen MR) is 130 cm³/mol. The van der Waals surface area contributed by atoms with Gasteiger partial charge in [0.05, 0.1) is 20.8 Å². The van der Waals surface area contributed by atoms with Crippen LogP contribution in [0.1, 0.15) is 24.0 Å². The van der Waals surface area contributed by atoms with Gasteiger partial charge in [0.2, 0.25) is 0 Å². The van der Waals surface area contributed by atoms with E-state index in [1.807, 2.05) is 48.5 Å². The summed E-state index contributed by atoms with van der Waals surface area (Å²) in [4.78, 5) is 2.30. The van der Waals surface area contributed by atoms with Gasteiger partial charge in [-0.1, -0.05) is 24.3 Å². The van der Waals surface area contributed by atoms with Gasteiger partial charge in [-0.15, -0.1) is 0 Å². The zero-order chi connectivity index (χ0) is 24.1. The van der Waals surface area contributed by atoms with Gasteiger partial charge in [0.1, 0.15) is 11.5 Å². The first-order valence-corrected chi connectivity index (χ1v) is 12.8. The molecule has 1 unspecified atom stereocenters. The van der Waals surface area contributed by atoms with Crippen LogP contribution in [0.15, 0.2) is 65.8 Å². The van der Waals surface area contributed by atoms with Crippen LogP contribution in [0.25, 0.3) is 0 Å². The molecule has 3 aromatic rings. The third kappa shape index (κ3) is 5.60. The molecular formula is C25H32N4O4S. The van der Waals surface area contributed by atoms with Crippen molar-refractivity contribution in [3.05, 3.63) is 71.9 Å². The lowest BCUT2D eigenvalue weighted by Gasteiger charge is -2.22. The molecule has 8 nitrogen and oxygen atoms in total. The van der Waals surface area contributed by atoms with E-state index in [4.69, 9.17) is 9.47 Å². The number of likely N-dealkylation sites (N-methyl/N-ethyl adjacent to an activating group) is 1. The van der Waals surface area contributed by atoms with Crippen molar-refractivity contribution in [2.24, 2.45) is 0 Å². The smallest absolute Gasteiger partial charge is 0.262 e. The van der Waals surface area contributed by atoms with E-state index < -0.39 is 10.0 Å². The van der Waals surface area contributed by atoms with Crippen molar-refractivity contribution < 1.29 is 17.9 Å². The number of aromatic nitrogens is 2. The molecule has 2 aromatic carbocycles. The Bertz CT molecular complexity index is 1130. The van der Waals surface area contributed by atoms with E-state index in [9.17, 15) is 8.42 Å². The number of hydrogen-bond acceptors (Lipinski definition) is 6. The van der Waals surface area contributed by atoms with Crippen LogP contribution >= 0.6 is 0 Å². The molecule has 0 amide bonds. The summed E-state index contributed by atoms with van der Waals surface area (Å²) in [7, 11) is 1.48. The van der Waals surface area contributed by atoms with Crippen molar-refractivity contribution >= 4 is 10.0 Å². The summed E-state index contributed by atoms with van der Waals surface area (Å²) in [6.45, 7) is 2.19. The number of hydrogen-bond donors (Lipinski definition) is 0. The van der Waals surface area contributed by atoms with Crippen molar-refractivity contribution in [2.45, 2.75) is 43.5 Å². The lowest BCUT2D eigenvalue weighted by atomic mass is 10.2. The number of rotatable bonds is 10. The number of benzene rings is 2. The van der Waals surface area contributed by atoms with E-state index in [0.29, 0.717) is 12.6 Å². The van der Waals surface area contributed by atoms with Crippen molar-refractivity contribution in [3.8, 4) is 11.5 Å². The highest BCUT2D eigenvalue weighted by molar-refractivity contribution is 7.89. The molecule has 0 bridgehead atoms. The molecule has 0 saturated carbocycles. The van der Waals surface area contributed by atoms with Crippen LogP contribution in [0.5, 0.6) is 11.5 Å². The monoisotopic (exact) mass is 484 g/mol. The average Bonchev–Trinajstić information content (AvgIpc) is 3.49. The standard InChI is InChI=1S/C25H32N4O4S/c1-27-15-4-5-22(27)19-28-16-14-25(26-28)34(30,31)29(17-20-6-10-23(32-2)11-7-20)18-21-8-12-24(33-3)13-9-21/h6-14,16,22H,4-5,15,17-19H2,1-3H3. The molecule has 1 aromatic heterocycles. The summed E-state index contributed by atoms with van der Waals surface area (Å²) in [6.07, 6.45) is 4.02. The average molecular weight is 485 g/mol. The molecule has 1 fully saturated rings. The van der Waals surface area contributed by atoms with E-state index in [1.165, 1.54) is 4.31 Å². The molecule has 1 aliphatic heterocycles. The molecule has 1 aliphatic rings. The second-order valence-corrected chi connectivity index (χ2v) is 10.5. The summed E-state index contributed by atoms with van der Waals surface area (Å²) < 4.78 is 41.1. The molecule has 0 N–H and O–H groups in total. The van der Waals surface area contributed by atoms with Gasteiger partial charge in [0, 0.05) is 25.3 Å². The van der Waals surface area contributed by atoms with Gasteiger partial charge in [-0.05, 0) is 67.9 Å². The molecule has 1 atom stereocenters. The quantitative estimate of drug-likeness (QED) is 0.439. The Morgan fingerprint density at radius 2 is 1.50 bits per heavy atom. The predicted octanol–water partition coefficient (Wildman–Crippen LogP) is 3.39. The number of nitrogens with zero attached hydrogens (tertiary/aromatic N) is 4. The fourth-order valence-corrected chi connectivity index (χ4v) is 5.58. The molecule has 0 radical (unpaired) electrons. The van der Waals surface area contributed by atoms with Crippen LogP contribution in [-0.4, -0.2) is 61.3 Å². The number of sulfonamides is 1. The highest BCUT2D eigenvalue weighted by Gasteiger charge is 2.28. The highest BCUT2D eigenvalue weighted by atomic mass is 32.2.